The number of hydrogen-bond donors (Lipinski definition) is 2. The van der Waals surface area contributed by atoms with Crippen LogP contribution >= 0.6 is 0 Å². The molecule has 1 fully saturated rings. The second kappa shape index (κ2) is 10.7. The number of morpholine rings is 1. The Morgan fingerprint density at radius 1 is 1.18 bits per heavy atom. The van der Waals surface area contributed by atoms with Gasteiger partial charge in [0.1, 0.15) is 5.75 Å². The number of hydrogen-bond acceptors (Lipinski definition) is 7. The molecule has 0 atom stereocenters. The van der Waals surface area contributed by atoms with Crippen LogP contribution in [0.2, 0.25) is 0 Å². The van der Waals surface area contributed by atoms with E-state index in [1.54, 1.807) is 24.3 Å². The van der Waals surface area contributed by atoms with E-state index in [2.05, 4.69) is 32.1 Å². The molecular weight excluding hydrogens is 425 g/mol. The van der Waals surface area contributed by atoms with Crippen LogP contribution in [0.4, 0.5) is 21.7 Å². The maximum atomic E-state index is 14.3. The van der Waals surface area contributed by atoms with Gasteiger partial charge < -0.3 is 20.1 Å². The van der Waals surface area contributed by atoms with E-state index < -0.39 is 5.82 Å². The van der Waals surface area contributed by atoms with Crippen LogP contribution in [0.25, 0.3) is 0 Å². The predicted octanol–water partition coefficient (Wildman–Crippen LogP) is 4.11. The lowest BCUT2D eigenvalue weighted by Crippen LogP contribution is -2.35. The number of anilines is 3. The molecule has 9 heteroatoms. The lowest BCUT2D eigenvalue weighted by atomic mass is 10.2. The second-order valence-electron chi connectivity index (χ2n) is 7.38. The molecule has 0 bridgehead atoms. The number of benzene rings is 2. The zero-order chi connectivity index (χ0) is 23.0. The van der Waals surface area contributed by atoms with Gasteiger partial charge in [0, 0.05) is 37.1 Å². The number of halogens is 1. The van der Waals surface area contributed by atoms with Crippen molar-refractivity contribution in [1.29, 1.82) is 0 Å². The van der Waals surface area contributed by atoms with Gasteiger partial charge in [-0.3, -0.25) is 9.69 Å². The molecule has 1 saturated heterocycles. The number of aromatic nitrogens is 2. The van der Waals surface area contributed by atoms with E-state index >= 15 is 0 Å². The Kier molecular flexibility index (Phi) is 7.23. The number of ether oxygens (including phenoxy) is 2. The van der Waals surface area contributed by atoms with Gasteiger partial charge in [0.2, 0.25) is 17.7 Å². The van der Waals surface area contributed by atoms with Gasteiger partial charge in [0.05, 0.1) is 19.4 Å². The molecule has 0 aliphatic carbocycles. The zero-order valence-corrected chi connectivity index (χ0v) is 18.0. The van der Waals surface area contributed by atoms with Gasteiger partial charge in [0.25, 0.3) is 5.88 Å². The van der Waals surface area contributed by atoms with Gasteiger partial charge in [0.15, 0.2) is 0 Å². The number of carbonyl (C=O) groups is 1. The SMILES string of the molecule is C=CC(=O)Nc1cccc(Oc2nc(Nc3ccc(CN4CCOCC4)cc3)ncc2F)c1. The Labute approximate surface area is 191 Å². The topological polar surface area (TPSA) is 88.6 Å². The number of carbonyl (C=O) groups excluding carboxylic acids is 1. The molecule has 2 aromatic carbocycles. The molecule has 0 spiro atoms. The Balaban J connectivity index is 1.41. The highest BCUT2D eigenvalue weighted by molar-refractivity contribution is 5.98. The lowest BCUT2D eigenvalue weighted by molar-refractivity contribution is -0.111. The number of rotatable bonds is 8. The molecule has 0 radical (unpaired) electrons. The molecule has 3 aromatic rings. The molecule has 0 unspecified atom stereocenters. The summed E-state index contributed by atoms with van der Waals surface area (Å²) in [6.45, 7) is 7.65. The maximum absolute atomic E-state index is 14.3. The molecule has 1 amide bonds. The van der Waals surface area contributed by atoms with Gasteiger partial charge in [-0.2, -0.15) is 9.37 Å². The van der Waals surface area contributed by atoms with Crippen molar-refractivity contribution in [1.82, 2.24) is 14.9 Å². The first-order chi connectivity index (χ1) is 16.1. The van der Waals surface area contributed by atoms with Crippen molar-refractivity contribution in [3.05, 3.63) is 78.8 Å². The summed E-state index contributed by atoms with van der Waals surface area (Å²) in [5.41, 5.74) is 2.45. The van der Waals surface area contributed by atoms with Gasteiger partial charge in [-0.15, -0.1) is 0 Å². The Hall–Kier alpha value is -3.82. The minimum Gasteiger partial charge on any atom is -0.436 e. The molecule has 8 nitrogen and oxygen atoms in total. The smallest absolute Gasteiger partial charge is 0.260 e. The van der Waals surface area contributed by atoms with Gasteiger partial charge >= 0.3 is 0 Å². The van der Waals surface area contributed by atoms with Crippen LogP contribution in [0.5, 0.6) is 11.6 Å². The number of amides is 1. The molecule has 1 aliphatic rings. The number of nitrogens with one attached hydrogen (secondary N) is 2. The molecule has 1 aliphatic heterocycles. The Morgan fingerprint density at radius 3 is 2.73 bits per heavy atom. The average Bonchev–Trinajstić information content (AvgIpc) is 2.83. The predicted molar refractivity (Wildman–Crippen MR) is 123 cm³/mol. The van der Waals surface area contributed by atoms with E-state index in [1.165, 1.54) is 5.56 Å². The van der Waals surface area contributed by atoms with Crippen LogP contribution in [0.3, 0.4) is 0 Å². The highest BCUT2D eigenvalue weighted by atomic mass is 19.1. The summed E-state index contributed by atoms with van der Waals surface area (Å²) < 4.78 is 25.2. The minimum atomic E-state index is -0.707. The van der Waals surface area contributed by atoms with E-state index in [-0.39, 0.29) is 17.7 Å². The monoisotopic (exact) mass is 449 g/mol. The summed E-state index contributed by atoms with van der Waals surface area (Å²) in [4.78, 5) is 22.0. The van der Waals surface area contributed by atoms with Crippen molar-refractivity contribution in [2.75, 3.05) is 36.9 Å². The molecule has 0 saturated carbocycles. The molecule has 170 valence electrons. The van der Waals surface area contributed by atoms with Gasteiger partial charge in [-0.1, -0.05) is 24.8 Å². The molecule has 2 heterocycles. The van der Waals surface area contributed by atoms with Crippen LogP contribution in [0.1, 0.15) is 5.56 Å². The molecule has 33 heavy (non-hydrogen) atoms. The van der Waals surface area contributed by atoms with Gasteiger partial charge in [-0.25, -0.2) is 4.98 Å². The minimum absolute atomic E-state index is 0.198. The first-order valence-electron chi connectivity index (χ1n) is 10.5. The maximum Gasteiger partial charge on any atom is 0.260 e. The highest BCUT2D eigenvalue weighted by Gasteiger charge is 2.12. The van der Waals surface area contributed by atoms with Crippen molar-refractivity contribution in [2.24, 2.45) is 0 Å². The third-order valence-corrected chi connectivity index (χ3v) is 4.93. The summed E-state index contributed by atoms with van der Waals surface area (Å²) in [5, 5.41) is 5.68. The summed E-state index contributed by atoms with van der Waals surface area (Å²) in [6.07, 6.45) is 2.20. The Bertz CT molecular complexity index is 1120. The summed E-state index contributed by atoms with van der Waals surface area (Å²) in [6, 6.07) is 14.5. The standard InChI is InChI=1S/C24H24FN5O3/c1-2-22(31)27-19-4-3-5-20(14-19)33-23-21(25)15-26-24(29-23)28-18-8-6-17(7-9-18)16-30-10-12-32-13-11-30/h2-9,14-15H,1,10-13,16H2,(H,27,31)(H,26,28,29). The van der Waals surface area contributed by atoms with Crippen LogP contribution in [-0.2, 0) is 16.1 Å². The fraction of sp³-hybridized carbons (Fsp3) is 0.208. The van der Waals surface area contributed by atoms with Crippen molar-refractivity contribution < 1.29 is 18.7 Å². The zero-order valence-electron chi connectivity index (χ0n) is 18.0. The third-order valence-electron chi connectivity index (χ3n) is 4.93. The van der Waals surface area contributed by atoms with Gasteiger partial charge in [-0.05, 0) is 35.9 Å². The van der Waals surface area contributed by atoms with E-state index in [1.807, 2.05) is 24.3 Å². The Morgan fingerprint density at radius 2 is 1.97 bits per heavy atom. The lowest BCUT2D eigenvalue weighted by Gasteiger charge is -2.26. The first kappa shape index (κ1) is 22.4. The van der Waals surface area contributed by atoms with Crippen molar-refractivity contribution in [3.8, 4) is 11.6 Å². The van der Waals surface area contributed by atoms with Crippen LogP contribution in [0.15, 0.2) is 67.4 Å². The molecule has 4 rings (SSSR count). The van der Waals surface area contributed by atoms with Crippen LogP contribution in [0, 0.1) is 5.82 Å². The van der Waals surface area contributed by atoms with E-state index in [0.29, 0.717) is 11.4 Å². The quantitative estimate of drug-likeness (QED) is 0.501. The summed E-state index contributed by atoms with van der Waals surface area (Å²) in [5.74, 6) is -0.787. The number of nitrogens with zero attached hydrogens (tertiary/aromatic N) is 3. The summed E-state index contributed by atoms with van der Waals surface area (Å²) >= 11 is 0. The molecular formula is C24H24FN5O3. The highest BCUT2D eigenvalue weighted by Crippen LogP contribution is 2.26. The average molecular weight is 449 g/mol. The van der Waals surface area contributed by atoms with Crippen molar-refractivity contribution in [2.45, 2.75) is 6.54 Å². The van der Waals surface area contributed by atoms with E-state index in [0.717, 1.165) is 50.8 Å². The third kappa shape index (κ3) is 6.34. The van der Waals surface area contributed by atoms with Crippen molar-refractivity contribution >= 4 is 23.2 Å². The largest absolute Gasteiger partial charge is 0.436 e. The van der Waals surface area contributed by atoms with Crippen LogP contribution in [-0.4, -0.2) is 47.1 Å². The fourth-order valence-electron chi connectivity index (χ4n) is 3.27. The van der Waals surface area contributed by atoms with Crippen molar-refractivity contribution in [3.63, 3.8) is 0 Å². The molecule has 2 N–H and O–H groups in total. The first-order valence-corrected chi connectivity index (χ1v) is 10.5. The fourth-order valence-corrected chi connectivity index (χ4v) is 3.27. The normalized spacial score (nSPS) is 13.8. The van der Waals surface area contributed by atoms with Crippen LogP contribution < -0.4 is 15.4 Å². The van der Waals surface area contributed by atoms with E-state index in [4.69, 9.17) is 9.47 Å². The summed E-state index contributed by atoms with van der Waals surface area (Å²) in [7, 11) is 0. The second-order valence-corrected chi connectivity index (χ2v) is 7.38. The van der Waals surface area contributed by atoms with E-state index in [9.17, 15) is 9.18 Å². The molecule has 1 aromatic heterocycles.